The van der Waals surface area contributed by atoms with Crippen LogP contribution in [-0.2, 0) is 22.7 Å². The Morgan fingerprint density at radius 3 is 1.42 bits per heavy atom. The van der Waals surface area contributed by atoms with Gasteiger partial charge in [-0.3, -0.25) is 0 Å². The van der Waals surface area contributed by atoms with Crippen molar-refractivity contribution < 1.29 is 8.42 Å². The summed E-state index contributed by atoms with van der Waals surface area (Å²) in [5.74, 6) is 0. The summed E-state index contributed by atoms with van der Waals surface area (Å²) >= 11 is 3.32. The minimum atomic E-state index is -3.65. The molecule has 0 aromatic heterocycles. The first-order valence-electron chi connectivity index (χ1n) is 10.1. The van der Waals surface area contributed by atoms with Crippen LogP contribution in [0.15, 0.2) is 114 Å². The molecule has 4 aromatic rings. The maximum Gasteiger partial charge on any atom is 0.207 e. The Balaban J connectivity index is 1.49. The molecule has 0 aliphatic carbocycles. The van der Waals surface area contributed by atoms with Gasteiger partial charge in [-0.25, -0.2) is 8.42 Å². The van der Waals surface area contributed by atoms with Crippen LogP contribution in [0.1, 0.15) is 22.3 Å². The van der Waals surface area contributed by atoms with Crippen molar-refractivity contribution in [1.82, 2.24) is 0 Å². The highest BCUT2D eigenvalue weighted by atomic mass is 32.2. The second-order valence-corrected chi connectivity index (χ2v) is 11.8. The van der Waals surface area contributed by atoms with Crippen molar-refractivity contribution in [3.8, 4) is 0 Å². The molecule has 5 heteroatoms. The van der Waals surface area contributed by atoms with Gasteiger partial charge < -0.3 is 0 Å². The number of hydrogen-bond donors (Lipinski definition) is 0. The van der Waals surface area contributed by atoms with E-state index < -0.39 is 9.84 Å². The van der Waals surface area contributed by atoms with Crippen LogP contribution in [0.5, 0.6) is 0 Å². The smallest absolute Gasteiger partial charge is 0.207 e. The van der Waals surface area contributed by atoms with Crippen LogP contribution < -0.4 is 0 Å². The maximum atomic E-state index is 14.0. The first-order chi connectivity index (χ1) is 15.1. The summed E-state index contributed by atoms with van der Waals surface area (Å²) in [4.78, 5) is 5.34. The van der Waals surface area contributed by atoms with E-state index >= 15 is 0 Å². The first kappa shape index (κ1) is 19.2. The van der Waals surface area contributed by atoms with Crippen molar-refractivity contribution in [1.29, 1.82) is 0 Å². The standard InChI is InChI=1S/C26H18O2S3/c27-31(28,25-13-5-11-23-19(25)15-17-7-1-3-9-21(17)29-23)26-14-6-12-24-20(26)16-18-8-2-4-10-22(18)30-24/h1-14H,15-16H2. The zero-order chi connectivity index (χ0) is 21.0. The Labute approximate surface area is 190 Å². The molecular formula is C26H18O2S3. The Morgan fingerprint density at radius 1 is 0.516 bits per heavy atom. The second kappa shape index (κ2) is 7.30. The van der Waals surface area contributed by atoms with E-state index in [1.54, 1.807) is 35.7 Å². The van der Waals surface area contributed by atoms with Crippen LogP contribution in [0.2, 0.25) is 0 Å². The third-order valence-electron chi connectivity index (χ3n) is 5.88. The van der Waals surface area contributed by atoms with Crippen molar-refractivity contribution in [3.05, 3.63) is 107 Å². The molecule has 2 heterocycles. The van der Waals surface area contributed by atoms with Crippen LogP contribution >= 0.6 is 23.5 Å². The maximum absolute atomic E-state index is 14.0. The number of sulfone groups is 1. The summed E-state index contributed by atoms with van der Waals surface area (Å²) in [6.07, 6.45) is 1.28. The normalized spacial score (nSPS) is 14.2. The summed E-state index contributed by atoms with van der Waals surface area (Å²) in [5, 5.41) is 0. The predicted molar refractivity (Wildman–Crippen MR) is 125 cm³/mol. The van der Waals surface area contributed by atoms with Gasteiger partial charge in [-0.1, -0.05) is 72.1 Å². The average molecular weight is 459 g/mol. The van der Waals surface area contributed by atoms with Crippen molar-refractivity contribution in [2.45, 2.75) is 42.2 Å². The summed E-state index contributed by atoms with van der Waals surface area (Å²) in [5.41, 5.74) is 4.18. The van der Waals surface area contributed by atoms with E-state index in [-0.39, 0.29) is 0 Å². The highest BCUT2D eigenvalue weighted by molar-refractivity contribution is 8.00. The third kappa shape index (κ3) is 3.15. The molecule has 0 N–H and O–H groups in total. The van der Waals surface area contributed by atoms with Gasteiger partial charge in [0.05, 0.1) is 9.79 Å². The molecule has 2 aliphatic heterocycles. The lowest BCUT2D eigenvalue weighted by molar-refractivity contribution is 0.593. The Kier molecular flexibility index (Phi) is 4.53. The van der Waals surface area contributed by atoms with Gasteiger partial charge >= 0.3 is 0 Å². The first-order valence-corrected chi connectivity index (χ1v) is 13.2. The molecule has 2 nitrogen and oxygen atoms in total. The van der Waals surface area contributed by atoms with Gasteiger partial charge in [0, 0.05) is 32.4 Å². The van der Waals surface area contributed by atoms with Crippen molar-refractivity contribution in [2.75, 3.05) is 0 Å². The highest BCUT2D eigenvalue weighted by Gasteiger charge is 2.30. The molecule has 0 saturated carbocycles. The lowest BCUT2D eigenvalue weighted by atomic mass is 10.0. The minimum Gasteiger partial charge on any atom is -0.218 e. The van der Waals surface area contributed by atoms with Crippen LogP contribution in [0.4, 0.5) is 0 Å². The Bertz CT molecular complexity index is 1350. The Hall–Kier alpha value is -2.47. The minimum absolute atomic E-state index is 0.435. The van der Waals surface area contributed by atoms with E-state index in [0.29, 0.717) is 22.6 Å². The Morgan fingerprint density at radius 2 is 0.935 bits per heavy atom. The van der Waals surface area contributed by atoms with Gasteiger partial charge in [-0.2, -0.15) is 0 Å². The molecule has 6 rings (SSSR count). The van der Waals surface area contributed by atoms with Gasteiger partial charge in [0.25, 0.3) is 0 Å². The zero-order valence-electron chi connectivity index (χ0n) is 16.5. The molecule has 2 aliphatic rings. The zero-order valence-corrected chi connectivity index (χ0v) is 19.0. The molecule has 0 radical (unpaired) electrons. The monoisotopic (exact) mass is 458 g/mol. The fraction of sp³-hybridized carbons (Fsp3) is 0.0769. The van der Waals surface area contributed by atoms with Crippen molar-refractivity contribution in [2.24, 2.45) is 0 Å². The lowest BCUT2D eigenvalue weighted by Crippen LogP contribution is -2.13. The molecule has 0 bridgehead atoms. The van der Waals surface area contributed by atoms with E-state index in [1.807, 2.05) is 48.5 Å². The molecule has 0 atom stereocenters. The third-order valence-corrected chi connectivity index (χ3v) is 10.2. The molecule has 0 amide bonds. The summed E-state index contributed by atoms with van der Waals surface area (Å²) < 4.78 is 28.0. The molecular weight excluding hydrogens is 440 g/mol. The van der Waals surface area contributed by atoms with Crippen molar-refractivity contribution in [3.63, 3.8) is 0 Å². The second-order valence-electron chi connectivity index (χ2n) is 7.74. The quantitative estimate of drug-likeness (QED) is 0.292. The summed E-state index contributed by atoms with van der Waals surface area (Å²) in [6, 6.07) is 27.8. The summed E-state index contributed by atoms with van der Waals surface area (Å²) in [7, 11) is -3.65. The van der Waals surface area contributed by atoms with Gasteiger partial charge in [-0.15, -0.1) is 0 Å². The lowest BCUT2D eigenvalue weighted by Gasteiger charge is -2.24. The molecule has 31 heavy (non-hydrogen) atoms. The van der Waals surface area contributed by atoms with Gasteiger partial charge in [0.2, 0.25) is 9.84 Å². The molecule has 0 spiro atoms. The molecule has 4 aromatic carbocycles. The molecule has 152 valence electrons. The van der Waals surface area contributed by atoms with E-state index in [4.69, 9.17) is 0 Å². The largest absolute Gasteiger partial charge is 0.218 e. The number of rotatable bonds is 2. The topological polar surface area (TPSA) is 34.1 Å². The van der Waals surface area contributed by atoms with Crippen LogP contribution in [0, 0.1) is 0 Å². The SMILES string of the molecule is O=S(=O)(c1cccc2c1Cc1ccccc1S2)c1cccc2c1Cc1ccccc1S2. The van der Waals surface area contributed by atoms with Gasteiger partial charge in [0.1, 0.15) is 0 Å². The highest BCUT2D eigenvalue weighted by Crippen LogP contribution is 2.45. The fourth-order valence-corrected chi connectivity index (χ4v) is 8.48. The molecule has 0 saturated heterocycles. The van der Waals surface area contributed by atoms with Crippen LogP contribution in [0.3, 0.4) is 0 Å². The molecule has 0 fully saturated rings. The van der Waals surface area contributed by atoms with E-state index in [9.17, 15) is 8.42 Å². The average Bonchev–Trinajstić information content (AvgIpc) is 2.80. The van der Waals surface area contributed by atoms with E-state index in [1.165, 1.54) is 20.9 Å². The summed E-state index contributed by atoms with van der Waals surface area (Å²) in [6.45, 7) is 0. The van der Waals surface area contributed by atoms with E-state index in [0.717, 1.165) is 20.9 Å². The number of benzene rings is 4. The van der Waals surface area contributed by atoms with Crippen LogP contribution in [0.25, 0.3) is 0 Å². The molecule has 0 unspecified atom stereocenters. The predicted octanol–water partition coefficient (Wildman–Crippen LogP) is 6.63. The van der Waals surface area contributed by atoms with Crippen molar-refractivity contribution >= 4 is 33.4 Å². The van der Waals surface area contributed by atoms with Gasteiger partial charge in [0.15, 0.2) is 0 Å². The fourth-order valence-electron chi connectivity index (χ4n) is 4.37. The number of fused-ring (bicyclic) bond motifs is 4. The van der Waals surface area contributed by atoms with Crippen LogP contribution in [-0.4, -0.2) is 8.42 Å². The van der Waals surface area contributed by atoms with Gasteiger partial charge in [-0.05, 0) is 58.7 Å². The number of hydrogen-bond acceptors (Lipinski definition) is 4. The van der Waals surface area contributed by atoms with E-state index in [2.05, 4.69) is 24.3 Å².